The van der Waals surface area contributed by atoms with Crippen molar-refractivity contribution in [1.82, 2.24) is 4.90 Å². The molecule has 31 heavy (non-hydrogen) atoms. The van der Waals surface area contributed by atoms with Gasteiger partial charge in [0.2, 0.25) is 0 Å². The van der Waals surface area contributed by atoms with Gasteiger partial charge in [0, 0.05) is 18.6 Å². The summed E-state index contributed by atoms with van der Waals surface area (Å²) in [5, 5.41) is 0.690. The smallest absolute Gasteiger partial charge is 0.267 e. The number of benzene rings is 3. The molecule has 156 valence electrons. The molecular weight excluding hydrogens is 470 g/mol. The van der Waals surface area contributed by atoms with E-state index in [9.17, 15) is 4.79 Å². The van der Waals surface area contributed by atoms with E-state index in [1.54, 1.807) is 4.90 Å². The van der Waals surface area contributed by atoms with Crippen LogP contribution in [0.3, 0.4) is 0 Å². The van der Waals surface area contributed by atoms with Crippen molar-refractivity contribution >= 4 is 56.2 Å². The molecule has 1 fully saturated rings. The Morgan fingerprint density at radius 1 is 1.00 bits per heavy atom. The number of rotatable bonds is 5. The molecule has 4 rings (SSSR count). The normalized spacial score (nSPS) is 16.4. The number of nitrogens with zero attached hydrogens (tertiary/aromatic N) is 3. The Morgan fingerprint density at radius 2 is 1.68 bits per heavy atom. The van der Waals surface area contributed by atoms with Crippen LogP contribution in [0, 0.1) is 0 Å². The minimum absolute atomic E-state index is 0.0312. The lowest BCUT2D eigenvalue weighted by Crippen LogP contribution is -2.28. The Labute approximate surface area is 195 Å². The highest BCUT2D eigenvalue weighted by Crippen LogP contribution is 2.36. The Kier molecular flexibility index (Phi) is 6.59. The summed E-state index contributed by atoms with van der Waals surface area (Å²) in [5.41, 5.74) is 3.95. The number of hydrogen-bond acceptors (Lipinski definition) is 4. The van der Waals surface area contributed by atoms with Gasteiger partial charge in [-0.25, -0.2) is 4.99 Å². The first kappa shape index (κ1) is 21.4. The lowest BCUT2D eigenvalue weighted by Gasteiger charge is -2.15. The Bertz CT molecular complexity index is 1140. The van der Waals surface area contributed by atoms with E-state index in [1.807, 2.05) is 104 Å². The molecule has 0 unspecified atom stereocenters. The van der Waals surface area contributed by atoms with E-state index in [-0.39, 0.29) is 5.91 Å². The van der Waals surface area contributed by atoms with E-state index < -0.39 is 0 Å². The quantitative estimate of drug-likeness (QED) is 0.391. The number of amides is 1. The second kappa shape index (κ2) is 9.54. The van der Waals surface area contributed by atoms with Crippen molar-refractivity contribution < 1.29 is 4.79 Å². The van der Waals surface area contributed by atoms with E-state index in [0.29, 0.717) is 16.6 Å². The Balaban J connectivity index is 1.68. The highest BCUT2D eigenvalue weighted by atomic mass is 79.9. The van der Waals surface area contributed by atoms with Gasteiger partial charge < -0.3 is 4.90 Å². The van der Waals surface area contributed by atoms with Crippen molar-refractivity contribution in [2.75, 3.05) is 19.0 Å². The standard InChI is InChI=1S/C25H22BrN3OS/c1-28(2)22-14-13-19(15-21(22)26)16-23-24(30)29(17-18-9-5-3-6-10-18)25(31-23)27-20-11-7-4-8-12-20/h3-16H,17H2,1-2H3/b23-16+,27-25?. The van der Waals surface area contributed by atoms with Crippen molar-refractivity contribution in [2.24, 2.45) is 4.99 Å². The molecule has 0 radical (unpaired) electrons. The summed E-state index contributed by atoms with van der Waals surface area (Å²) < 4.78 is 0.988. The van der Waals surface area contributed by atoms with Crippen LogP contribution in [0.2, 0.25) is 0 Å². The second-order valence-corrected chi connectivity index (χ2v) is 9.19. The zero-order valence-corrected chi connectivity index (χ0v) is 19.7. The number of carbonyl (C=O) groups excluding carboxylic acids is 1. The molecule has 1 aliphatic heterocycles. The van der Waals surface area contributed by atoms with Gasteiger partial charge in [0.25, 0.3) is 5.91 Å². The van der Waals surface area contributed by atoms with Crippen LogP contribution in [0.25, 0.3) is 6.08 Å². The van der Waals surface area contributed by atoms with Gasteiger partial charge >= 0.3 is 0 Å². The molecule has 0 aliphatic carbocycles. The maximum Gasteiger partial charge on any atom is 0.267 e. The monoisotopic (exact) mass is 491 g/mol. The molecule has 0 N–H and O–H groups in total. The average Bonchev–Trinajstić information content (AvgIpc) is 3.04. The van der Waals surface area contributed by atoms with E-state index >= 15 is 0 Å². The SMILES string of the molecule is CN(C)c1ccc(/C=C2/SC(=Nc3ccccc3)N(Cc3ccccc3)C2=O)cc1Br. The van der Waals surface area contributed by atoms with E-state index in [1.165, 1.54) is 11.8 Å². The van der Waals surface area contributed by atoms with Crippen LogP contribution in [-0.2, 0) is 11.3 Å². The predicted octanol–water partition coefficient (Wildman–Crippen LogP) is 6.32. The number of thioether (sulfide) groups is 1. The molecule has 0 saturated carbocycles. The summed E-state index contributed by atoms with van der Waals surface area (Å²) in [7, 11) is 4.00. The summed E-state index contributed by atoms with van der Waals surface area (Å²) in [6, 6.07) is 25.8. The number of aliphatic imine (C=N–C) groups is 1. The topological polar surface area (TPSA) is 35.9 Å². The number of carbonyl (C=O) groups is 1. The highest BCUT2D eigenvalue weighted by Gasteiger charge is 2.33. The number of hydrogen-bond donors (Lipinski definition) is 0. The van der Waals surface area contributed by atoms with Crippen LogP contribution < -0.4 is 4.90 Å². The molecule has 1 heterocycles. The van der Waals surface area contributed by atoms with Crippen LogP contribution in [0.4, 0.5) is 11.4 Å². The summed E-state index contributed by atoms with van der Waals surface area (Å²) >= 11 is 5.04. The van der Waals surface area contributed by atoms with Gasteiger partial charge in [-0.15, -0.1) is 0 Å². The number of anilines is 1. The van der Waals surface area contributed by atoms with E-state index in [4.69, 9.17) is 4.99 Å². The Hall–Kier alpha value is -2.83. The molecule has 0 bridgehead atoms. The minimum atomic E-state index is -0.0312. The third-order valence-electron chi connectivity index (χ3n) is 4.80. The van der Waals surface area contributed by atoms with Crippen molar-refractivity contribution in [3.05, 3.63) is 99.4 Å². The molecule has 0 aromatic heterocycles. The molecule has 3 aromatic carbocycles. The molecule has 3 aromatic rings. The van der Waals surface area contributed by atoms with E-state index in [0.717, 1.165) is 27.0 Å². The van der Waals surface area contributed by atoms with Gasteiger partial charge in [-0.1, -0.05) is 54.6 Å². The molecule has 6 heteroatoms. The first-order chi connectivity index (χ1) is 15.0. The predicted molar refractivity (Wildman–Crippen MR) is 135 cm³/mol. The molecule has 0 atom stereocenters. The first-order valence-electron chi connectivity index (χ1n) is 9.87. The summed E-state index contributed by atoms with van der Waals surface area (Å²) in [5.74, 6) is -0.0312. The Morgan fingerprint density at radius 3 is 2.32 bits per heavy atom. The number of halogens is 1. The zero-order valence-electron chi connectivity index (χ0n) is 17.3. The minimum Gasteiger partial charge on any atom is -0.377 e. The van der Waals surface area contributed by atoms with Gasteiger partial charge in [-0.3, -0.25) is 9.69 Å². The largest absolute Gasteiger partial charge is 0.377 e. The lowest BCUT2D eigenvalue weighted by atomic mass is 10.1. The third-order valence-corrected chi connectivity index (χ3v) is 6.45. The summed E-state index contributed by atoms with van der Waals surface area (Å²) in [6.45, 7) is 0.485. The van der Waals surface area contributed by atoms with Crippen LogP contribution >= 0.6 is 27.7 Å². The number of para-hydroxylation sites is 1. The fourth-order valence-corrected chi connectivity index (χ4v) is 4.99. The van der Waals surface area contributed by atoms with E-state index in [2.05, 4.69) is 15.9 Å². The maximum absolute atomic E-state index is 13.3. The summed E-state index contributed by atoms with van der Waals surface area (Å²) in [4.78, 5) is 22.5. The first-order valence-corrected chi connectivity index (χ1v) is 11.5. The van der Waals surface area contributed by atoms with Gasteiger partial charge in [-0.05, 0) is 69.2 Å². The third kappa shape index (κ3) is 5.09. The van der Waals surface area contributed by atoms with Gasteiger partial charge in [0.05, 0.1) is 22.8 Å². The maximum atomic E-state index is 13.3. The average molecular weight is 492 g/mol. The highest BCUT2D eigenvalue weighted by molar-refractivity contribution is 9.10. The second-order valence-electron chi connectivity index (χ2n) is 7.32. The van der Waals surface area contributed by atoms with Crippen molar-refractivity contribution in [1.29, 1.82) is 0 Å². The molecule has 1 amide bonds. The molecule has 0 spiro atoms. The lowest BCUT2D eigenvalue weighted by molar-refractivity contribution is -0.122. The molecule has 1 aliphatic rings. The van der Waals surface area contributed by atoms with Crippen molar-refractivity contribution in [3.8, 4) is 0 Å². The fourth-order valence-electron chi connectivity index (χ4n) is 3.24. The molecule has 4 nitrogen and oxygen atoms in total. The summed E-state index contributed by atoms with van der Waals surface area (Å²) in [6.07, 6.45) is 1.93. The van der Waals surface area contributed by atoms with Gasteiger partial charge in [0.1, 0.15) is 0 Å². The van der Waals surface area contributed by atoms with Crippen LogP contribution in [-0.4, -0.2) is 30.1 Å². The van der Waals surface area contributed by atoms with Crippen LogP contribution in [0.5, 0.6) is 0 Å². The molecular formula is C25H22BrN3OS. The van der Waals surface area contributed by atoms with Crippen LogP contribution in [0.1, 0.15) is 11.1 Å². The zero-order chi connectivity index (χ0) is 21.8. The van der Waals surface area contributed by atoms with Gasteiger partial charge in [-0.2, -0.15) is 0 Å². The van der Waals surface area contributed by atoms with Crippen molar-refractivity contribution in [3.63, 3.8) is 0 Å². The van der Waals surface area contributed by atoms with Gasteiger partial charge in [0.15, 0.2) is 5.17 Å². The van der Waals surface area contributed by atoms with Crippen molar-refractivity contribution in [2.45, 2.75) is 6.54 Å². The number of amidine groups is 1. The fraction of sp³-hybridized carbons (Fsp3) is 0.120. The van der Waals surface area contributed by atoms with Crippen LogP contribution in [0.15, 0.2) is 93.2 Å². The molecule has 1 saturated heterocycles.